The molecule has 1 atom stereocenters. The van der Waals surface area contributed by atoms with Crippen LogP contribution in [-0.2, 0) is 17.1 Å². The summed E-state index contributed by atoms with van der Waals surface area (Å²) in [6, 6.07) is 0.689. The minimum atomic E-state index is -5.23. The van der Waals surface area contributed by atoms with Crippen LogP contribution < -0.4 is 0 Å². The average molecular weight is 414 g/mol. The minimum absolute atomic E-state index is 0.345. The van der Waals surface area contributed by atoms with Gasteiger partial charge in [-0.2, -0.15) is 26.3 Å². The smallest absolute Gasteiger partial charge is 0.416 e. The van der Waals surface area contributed by atoms with E-state index in [4.69, 9.17) is 5.11 Å². The monoisotopic (exact) mass is 414 g/mol. The largest absolute Gasteiger partial charge is 0.479 e. The lowest BCUT2D eigenvalue weighted by Gasteiger charge is -2.21. The van der Waals surface area contributed by atoms with Crippen molar-refractivity contribution in [2.75, 3.05) is 0 Å². The number of benzene rings is 1. The van der Waals surface area contributed by atoms with Crippen molar-refractivity contribution < 1.29 is 41.4 Å². The molecule has 0 heterocycles. The zero-order valence-corrected chi connectivity index (χ0v) is 11.3. The molecule has 0 spiro atoms. The van der Waals surface area contributed by atoms with Gasteiger partial charge in [0, 0.05) is 9.13 Å². The summed E-state index contributed by atoms with van der Waals surface area (Å²) in [6.45, 7) is 0. The van der Waals surface area contributed by atoms with Crippen LogP contribution in [0.3, 0.4) is 0 Å². The van der Waals surface area contributed by atoms with Crippen molar-refractivity contribution in [2.24, 2.45) is 0 Å². The highest BCUT2D eigenvalue weighted by molar-refractivity contribution is 14.1. The Bertz CT molecular complexity index is 502. The SMILES string of the molecule is O=C(O)C(O)c1c(C(F)(F)F)cc(I)cc1C(F)(F)F. The Kier molecular flexibility index (Phi) is 4.58. The molecule has 0 radical (unpaired) electrons. The fraction of sp³-hybridized carbons (Fsp3) is 0.300. The number of halogens is 7. The molecular weight excluding hydrogens is 409 g/mol. The first-order chi connectivity index (χ1) is 8.85. The molecular formula is C10H5F6IO3. The average Bonchev–Trinajstić information content (AvgIpc) is 2.24. The number of carboxylic acid groups (broad SMARTS) is 1. The summed E-state index contributed by atoms with van der Waals surface area (Å²) in [5.74, 6) is -2.21. The van der Waals surface area contributed by atoms with Gasteiger partial charge >= 0.3 is 18.3 Å². The van der Waals surface area contributed by atoms with Crippen LogP contribution in [-0.4, -0.2) is 16.2 Å². The molecule has 20 heavy (non-hydrogen) atoms. The molecule has 0 aliphatic carbocycles. The number of carbonyl (C=O) groups is 1. The lowest BCUT2D eigenvalue weighted by Crippen LogP contribution is -2.23. The molecule has 1 aromatic rings. The second-order valence-corrected chi connectivity index (χ2v) is 4.90. The van der Waals surface area contributed by atoms with Crippen molar-refractivity contribution in [2.45, 2.75) is 18.5 Å². The maximum absolute atomic E-state index is 12.7. The van der Waals surface area contributed by atoms with Gasteiger partial charge in [0.15, 0.2) is 6.10 Å². The Hall–Kier alpha value is -1.04. The fourth-order valence-corrected chi connectivity index (χ4v) is 2.13. The number of carboxylic acids is 1. The minimum Gasteiger partial charge on any atom is -0.479 e. The van der Waals surface area contributed by atoms with Crippen LogP contribution in [0.2, 0.25) is 0 Å². The van der Waals surface area contributed by atoms with Crippen LogP contribution in [0, 0.1) is 3.57 Å². The van der Waals surface area contributed by atoms with Gasteiger partial charge in [0.2, 0.25) is 0 Å². The molecule has 0 amide bonds. The molecule has 1 rings (SSSR count). The van der Waals surface area contributed by atoms with Crippen LogP contribution in [0.25, 0.3) is 0 Å². The van der Waals surface area contributed by atoms with E-state index in [-0.39, 0.29) is 3.57 Å². The topological polar surface area (TPSA) is 57.5 Å². The van der Waals surface area contributed by atoms with Crippen molar-refractivity contribution in [1.29, 1.82) is 0 Å². The Morgan fingerprint density at radius 2 is 1.40 bits per heavy atom. The molecule has 3 nitrogen and oxygen atoms in total. The first-order valence-corrected chi connectivity index (χ1v) is 5.82. The van der Waals surface area contributed by atoms with Gasteiger partial charge in [-0.05, 0) is 34.7 Å². The Labute approximate surface area is 121 Å². The number of aliphatic hydroxyl groups is 1. The van der Waals surface area contributed by atoms with Crippen molar-refractivity contribution in [3.63, 3.8) is 0 Å². The molecule has 112 valence electrons. The number of alkyl halides is 6. The Balaban J connectivity index is 3.77. The summed E-state index contributed by atoms with van der Waals surface area (Å²) in [4.78, 5) is 10.6. The third kappa shape index (κ3) is 3.53. The van der Waals surface area contributed by atoms with Gasteiger partial charge in [0.05, 0.1) is 11.1 Å². The third-order valence-electron chi connectivity index (χ3n) is 2.26. The van der Waals surface area contributed by atoms with E-state index in [0.29, 0.717) is 12.1 Å². The summed E-state index contributed by atoms with van der Waals surface area (Å²) in [7, 11) is 0. The van der Waals surface area contributed by atoms with Gasteiger partial charge in [-0.15, -0.1) is 0 Å². The van der Waals surface area contributed by atoms with Gasteiger partial charge < -0.3 is 10.2 Å². The standard InChI is InChI=1S/C10H5F6IO3/c11-9(12,13)4-1-3(17)2-5(10(14,15)16)6(4)7(18)8(19)20/h1-2,7,18H,(H,19,20). The van der Waals surface area contributed by atoms with E-state index in [1.165, 1.54) is 22.6 Å². The maximum Gasteiger partial charge on any atom is 0.416 e. The highest BCUT2D eigenvalue weighted by Crippen LogP contribution is 2.43. The van der Waals surface area contributed by atoms with Gasteiger partial charge in [0.25, 0.3) is 0 Å². The molecule has 2 N–H and O–H groups in total. The zero-order valence-electron chi connectivity index (χ0n) is 9.18. The van der Waals surface area contributed by atoms with E-state index in [2.05, 4.69) is 0 Å². The summed E-state index contributed by atoms with van der Waals surface area (Å²) in [5.41, 5.74) is -5.36. The van der Waals surface area contributed by atoms with Crippen molar-refractivity contribution in [3.05, 3.63) is 32.4 Å². The quantitative estimate of drug-likeness (QED) is 0.576. The van der Waals surface area contributed by atoms with Crippen LogP contribution in [0.1, 0.15) is 22.8 Å². The van der Waals surface area contributed by atoms with Crippen molar-refractivity contribution >= 4 is 28.6 Å². The summed E-state index contributed by atoms with van der Waals surface area (Å²) >= 11 is 1.24. The summed E-state index contributed by atoms with van der Waals surface area (Å²) < 4.78 is 76.1. The lowest BCUT2D eigenvalue weighted by atomic mass is 9.95. The third-order valence-corrected chi connectivity index (χ3v) is 2.89. The normalized spacial score (nSPS) is 14.2. The predicted molar refractivity (Wildman–Crippen MR) is 61.8 cm³/mol. The van der Waals surface area contributed by atoms with E-state index in [1.807, 2.05) is 0 Å². The molecule has 0 aliphatic heterocycles. The maximum atomic E-state index is 12.7. The van der Waals surface area contributed by atoms with Gasteiger partial charge in [-0.25, -0.2) is 4.79 Å². The van der Waals surface area contributed by atoms with E-state index < -0.39 is 41.1 Å². The van der Waals surface area contributed by atoms with Crippen LogP contribution in [0.4, 0.5) is 26.3 Å². The van der Waals surface area contributed by atoms with Gasteiger partial charge in [-0.3, -0.25) is 0 Å². The van der Waals surface area contributed by atoms with Crippen LogP contribution in [0.5, 0.6) is 0 Å². The Morgan fingerprint density at radius 1 is 1.05 bits per heavy atom. The first-order valence-electron chi connectivity index (χ1n) is 4.74. The summed E-state index contributed by atoms with van der Waals surface area (Å²) in [6.07, 6.45) is -13.4. The van der Waals surface area contributed by atoms with Crippen LogP contribution >= 0.6 is 22.6 Å². The molecule has 10 heteroatoms. The number of aliphatic hydroxyl groups excluding tert-OH is 1. The first kappa shape index (κ1) is 17.0. The van der Waals surface area contributed by atoms with E-state index in [1.54, 1.807) is 0 Å². The Morgan fingerprint density at radius 3 is 1.65 bits per heavy atom. The molecule has 0 bridgehead atoms. The molecule has 0 aromatic heterocycles. The molecule has 0 aliphatic rings. The molecule has 0 fully saturated rings. The lowest BCUT2D eigenvalue weighted by molar-refractivity contribution is -0.153. The van der Waals surface area contributed by atoms with E-state index in [9.17, 15) is 36.2 Å². The van der Waals surface area contributed by atoms with E-state index in [0.717, 1.165) is 0 Å². The zero-order chi connectivity index (χ0) is 15.9. The predicted octanol–water partition coefficient (Wildman–Crippen LogP) is 3.45. The number of aliphatic carboxylic acids is 1. The number of hydrogen-bond donors (Lipinski definition) is 2. The number of hydrogen-bond acceptors (Lipinski definition) is 2. The van der Waals surface area contributed by atoms with Gasteiger partial charge in [0.1, 0.15) is 0 Å². The van der Waals surface area contributed by atoms with Crippen molar-refractivity contribution in [3.8, 4) is 0 Å². The highest BCUT2D eigenvalue weighted by Gasteiger charge is 2.44. The molecule has 0 saturated heterocycles. The highest BCUT2D eigenvalue weighted by atomic mass is 127. The van der Waals surface area contributed by atoms with Crippen LogP contribution in [0.15, 0.2) is 12.1 Å². The molecule has 0 saturated carbocycles. The van der Waals surface area contributed by atoms with E-state index >= 15 is 0 Å². The summed E-state index contributed by atoms with van der Waals surface area (Å²) in [5, 5.41) is 17.7. The van der Waals surface area contributed by atoms with Crippen molar-refractivity contribution in [1.82, 2.24) is 0 Å². The van der Waals surface area contributed by atoms with Gasteiger partial charge in [-0.1, -0.05) is 0 Å². The number of rotatable bonds is 2. The second-order valence-electron chi connectivity index (χ2n) is 3.65. The fourth-order valence-electron chi connectivity index (χ4n) is 1.51. The molecule has 1 unspecified atom stereocenters. The second kappa shape index (κ2) is 5.39. The molecule has 1 aromatic carbocycles.